The van der Waals surface area contributed by atoms with Crippen molar-refractivity contribution in [3.05, 3.63) is 42.2 Å². The summed E-state index contributed by atoms with van der Waals surface area (Å²) in [6, 6.07) is 7.33. The Kier molecular flexibility index (Phi) is 18.7. The van der Waals surface area contributed by atoms with Crippen LogP contribution in [0.4, 0.5) is 0 Å². The van der Waals surface area contributed by atoms with E-state index in [4.69, 9.17) is 9.84 Å². The van der Waals surface area contributed by atoms with Crippen molar-refractivity contribution in [3.8, 4) is 5.75 Å². The molecule has 1 aromatic rings. The highest BCUT2D eigenvalue weighted by Crippen LogP contribution is 2.26. The van der Waals surface area contributed by atoms with E-state index >= 15 is 0 Å². The van der Waals surface area contributed by atoms with Crippen molar-refractivity contribution in [2.75, 3.05) is 20.2 Å². The molecule has 3 rings (SSSR count). The van der Waals surface area contributed by atoms with Gasteiger partial charge in [-0.2, -0.15) is 0 Å². The molecule has 0 atom stereocenters. The molecule has 0 amide bonds. The number of nitrogens with zero attached hydrogens (tertiary/aromatic N) is 1. The van der Waals surface area contributed by atoms with E-state index in [0.717, 1.165) is 25.4 Å². The molecule has 0 aromatic heterocycles. The topological polar surface area (TPSA) is 49.8 Å². The molecule has 0 saturated heterocycles. The fourth-order valence-corrected chi connectivity index (χ4v) is 3.20. The van der Waals surface area contributed by atoms with Crippen molar-refractivity contribution in [2.24, 2.45) is 5.92 Å². The molecule has 0 bridgehead atoms. The second-order valence-corrected chi connectivity index (χ2v) is 8.53. The van der Waals surface area contributed by atoms with Crippen LogP contribution in [-0.2, 0) is 16.1 Å². The molecule has 1 N–H and O–H groups in total. The Bertz CT molecular complexity index is 583. The molecule has 0 radical (unpaired) electrons. The number of phenols is 1. The van der Waals surface area contributed by atoms with Gasteiger partial charge in [-0.05, 0) is 43.6 Å². The van der Waals surface area contributed by atoms with Crippen molar-refractivity contribution < 1.29 is 14.6 Å². The summed E-state index contributed by atoms with van der Waals surface area (Å²) in [6.45, 7) is 13.8. The molecule has 184 valence electrons. The lowest BCUT2D eigenvalue weighted by atomic mass is 9.87. The number of Topliss-reactive ketones (excluding diaryl/α,β-unsaturated/α-hetero) is 1. The molecule has 4 nitrogen and oxygen atoms in total. The average molecular weight is 448 g/mol. The zero-order chi connectivity index (χ0) is 24.2. The van der Waals surface area contributed by atoms with Crippen molar-refractivity contribution in [1.29, 1.82) is 0 Å². The number of benzene rings is 1. The van der Waals surface area contributed by atoms with E-state index < -0.39 is 0 Å². The molecule has 2 fully saturated rings. The van der Waals surface area contributed by atoms with Gasteiger partial charge < -0.3 is 14.7 Å². The standard InChI is InChI=1S/C12H20O2.C10H15NO.C4H8.C2H6/c1-10(13)11(2)14-9-8-12-6-4-3-5-7-12;1-3-11(2)8-9-4-6-10(12)7-5-9;1-2-4-3-1;1-2/h12H,2-9H2,1H3;4-7,12H,3,8H2,1-2H3;1-4H2;1-2H3. The highest BCUT2D eigenvalue weighted by atomic mass is 16.5. The SMILES string of the molecule is C1CCC1.C=C(OCCC1CCCCC1)C(C)=O.CC.CCN(C)Cc1ccc(O)cc1. The lowest BCUT2D eigenvalue weighted by molar-refractivity contribution is -0.116. The Hall–Kier alpha value is -1.81. The number of hydrogen-bond acceptors (Lipinski definition) is 4. The van der Waals surface area contributed by atoms with E-state index in [1.54, 1.807) is 12.1 Å². The van der Waals surface area contributed by atoms with E-state index in [1.165, 1.54) is 70.3 Å². The highest BCUT2D eigenvalue weighted by molar-refractivity contribution is 5.90. The van der Waals surface area contributed by atoms with Crippen LogP contribution in [0.5, 0.6) is 5.75 Å². The maximum Gasteiger partial charge on any atom is 0.193 e. The van der Waals surface area contributed by atoms with Crippen LogP contribution in [0, 0.1) is 5.92 Å². The van der Waals surface area contributed by atoms with Crippen molar-refractivity contribution in [1.82, 2.24) is 4.90 Å². The number of carbonyl (C=O) groups is 1. The number of hydrogen-bond donors (Lipinski definition) is 1. The van der Waals surface area contributed by atoms with Crippen LogP contribution in [0.3, 0.4) is 0 Å². The first-order valence-electron chi connectivity index (χ1n) is 12.7. The first kappa shape index (κ1) is 30.2. The molecule has 0 spiro atoms. The Morgan fingerprint density at radius 2 is 1.53 bits per heavy atom. The molecular weight excluding hydrogens is 398 g/mol. The first-order valence-corrected chi connectivity index (χ1v) is 12.7. The fraction of sp³-hybridized carbons (Fsp3) is 0.679. The summed E-state index contributed by atoms with van der Waals surface area (Å²) in [6.07, 6.45) is 13.8. The van der Waals surface area contributed by atoms with Gasteiger partial charge in [-0.25, -0.2) is 0 Å². The first-order chi connectivity index (χ1) is 15.4. The van der Waals surface area contributed by atoms with Gasteiger partial charge in [0.1, 0.15) is 5.75 Å². The molecule has 2 saturated carbocycles. The van der Waals surface area contributed by atoms with E-state index in [-0.39, 0.29) is 5.78 Å². The molecule has 4 heteroatoms. The minimum absolute atomic E-state index is 0.0614. The summed E-state index contributed by atoms with van der Waals surface area (Å²) < 4.78 is 5.26. The third kappa shape index (κ3) is 15.9. The van der Waals surface area contributed by atoms with Crippen molar-refractivity contribution in [2.45, 2.75) is 98.4 Å². The van der Waals surface area contributed by atoms with E-state index in [0.29, 0.717) is 18.1 Å². The normalized spacial score (nSPS) is 14.9. The Morgan fingerprint density at radius 3 is 1.97 bits per heavy atom. The fourth-order valence-electron chi connectivity index (χ4n) is 3.20. The molecule has 0 unspecified atom stereocenters. The third-order valence-corrected chi connectivity index (χ3v) is 5.85. The summed E-state index contributed by atoms with van der Waals surface area (Å²) in [7, 11) is 2.08. The van der Waals surface area contributed by atoms with Crippen molar-refractivity contribution >= 4 is 5.78 Å². The Balaban J connectivity index is 0.000000482. The lowest BCUT2D eigenvalue weighted by Crippen LogP contribution is -2.16. The molecule has 2 aliphatic rings. The van der Waals surface area contributed by atoms with Gasteiger partial charge in [0.15, 0.2) is 11.5 Å². The highest BCUT2D eigenvalue weighted by Gasteiger charge is 2.13. The summed E-state index contributed by atoms with van der Waals surface area (Å²) in [5, 5.41) is 9.03. The second kappa shape index (κ2) is 19.8. The molecular formula is C28H49NO3. The van der Waals surface area contributed by atoms with E-state index in [1.807, 2.05) is 26.0 Å². The van der Waals surface area contributed by atoms with Crippen LogP contribution in [0.2, 0.25) is 0 Å². The quantitative estimate of drug-likeness (QED) is 0.331. The zero-order valence-electron chi connectivity index (χ0n) is 21.5. The summed E-state index contributed by atoms with van der Waals surface area (Å²) in [5.74, 6) is 1.39. The van der Waals surface area contributed by atoms with Gasteiger partial charge in [0.2, 0.25) is 0 Å². The van der Waals surface area contributed by atoms with Gasteiger partial charge in [-0.3, -0.25) is 4.79 Å². The predicted octanol–water partition coefficient (Wildman–Crippen LogP) is 7.51. The Labute approximate surface area is 198 Å². The number of carbonyl (C=O) groups excluding carboxylic acids is 1. The van der Waals surface area contributed by atoms with E-state index in [2.05, 4.69) is 25.5 Å². The van der Waals surface area contributed by atoms with Gasteiger partial charge in [0.05, 0.1) is 6.61 Å². The van der Waals surface area contributed by atoms with Crippen LogP contribution in [0.25, 0.3) is 0 Å². The van der Waals surface area contributed by atoms with Gasteiger partial charge in [0, 0.05) is 13.5 Å². The van der Waals surface area contributed by atoms with Crippen LogP contribution < -0.4 is 0 Å². The number of rotatable bonds is 8. The molecule has 0 heterocycles. The minimum Gasteiger partial charge on any atom is -0.508 e. The van der Waals surface area contributed by atoms with Crippen molar-refractivity contribution in [3.63, 3.8) is 0 Å². The van der Waals surface area contributed by atoms with Gasteiger partial charge in [-0.1, -0.05) is 97.3 Å². The number of ether oxygens (including phenoxy) is 1. The maximum atomic E-state index is 10.8. The maximum absolute atomic E-state index is 10.8. The summed E-state index contributed by atoms with van der Waals surface area (Å²) in [5.41, 5.74) is 1.23. The third-order valence-electron chi connectivity index (χ3n) is 5.85. The Morgan fingerprint density at radius 1 is 1.03 bits per heavy atom. The minimum atomic E-state index is -0.0614. The van der Waals surface area contributed by atoms with Gasteiger partial charge >= 0.3 is 0 Å². The van der Waals surface area contributed by atoms with Gasteiger partial charge in [0.25, 0.3) is 0 Å². The van der Waals surface area contributed by atoms with E-state index in [9.17, 15) is 4.79 Å². The summed E-state index contributed by atoms with van der Waals surface area (Å²) in [4.78, 5) is 13.0. The average Bonchev–Trinajstić information content (AvgIpc) is 2.76. The number of phenolic OH excluding ortho intramolecular Hbond substituents is 1. The molecule has 32 heavy (non-hydrogen) atoms. The molecule has 1 aromatic carbocycles. The van der Waals surface area contributed by atoms with Crippen LogP contribution in [0.1, 0.15) is 97.5 Å². The largest absolute Gasteiger partial charge is 0.508 e. The monoisotopic (exact) mass is 447 g/mol. The summed E-state index contributed by atoms with van der Waals surface area (Å²) >= 11 is 0. The van der Waals surface area contributed by atoms with Crippen LogP contribution in [0.15, 0.2) is 36.6 Å². The number of allylic oxidation sites excluding steroid dienone is 1. The lowest BCUT2D eigenvalue weighted by Gasteiger charge is -2.21. The van der Waals surface area contributed by atoms with Crippen LogP contribution in [-0.4, -0.2) is 36.0 Å². The number of ketones is 1. The number of aromatic hydroxyl groups is 1. The smallest absolute Gasteiger partial charge is 0.193 e. The van der Waals surface area contributed by atoms with Crippen LogP contribution >= 0.6 is 0 Å². The zero-order valence-corrected chi connectivity index (χ0v) is 21.5. The molecule has 2 aliphatic carbocycles. The molecule has 0 aliphatic heterocycles. The van der Waals surface area contributed by atoms with Gasteiger partial charge in [-0.15, -0.1) is 0 Å². The second-order valence-electron chi connectivity index (χ2n) is 8.53. The predicted molar refractivity (Wildman–Crippen MR) is 137 cm³/mol.